The molecule has 0 radical (unpaired) electrons. The number of carboxylic acids is 1. The molecule has 3 aliphatic rings. The van der Waals surface area contributed by atoms with Gasteiger partial charge in [-0.2, -0.15) is 5.10 Å². The molecule has 2 aromatic heterocycles. The van der Waals surface area contributed by atoms with Gasteiger partial charge in [-0.05, 0) is 80.5 Å². The third kappa shape index (κ3) is 8.68. The Bertz CT molecular complexity index is 3010. The van der Waals surface area contributed by atoms with E-state index in [0.29, 0.717) is 90.5 Å². The number of imide groups is 1. The maximum absolute atomic E-state index is 14.8. The Morgan fingerprint density at radius 1 is 0.910 bits per heavy atom. The molecule has 0 bridgehead atoms. The average Bonchev–Trinajstić information content (AvgIpc) is 3.89. The highest BCUT2D eigenvalue weighted by Crippen LogP contribution is 2.42. The number of piperidine rings is 1. The van der Waals surface area contributed by atoms with Crippen molar-refractivity contribution in [1.82, 2.24) is 34.4 Å². The highest BCUT2D eigenvalue weighted by molar-refractivity contribution is 6.35. The van der Waals surface area contributed by atoms with Crippen LogP contribution in [0.4, 0.5) is 8.78 Å². The van der Waals surface area contributed by atoms with Crippen LogP contribution in [0, 0.1) is 25.5 Å². The van der Waals surface area contributed by atoms with E-state index in [-0.39, 0.29) is 54.7 Å². The lowest BCUT2D eigenvalue weighted by Gasteiger charge is -2.35. The molecule has 0 saturated carbocycles. The molecule has 2 N–H and O–H groups in total. The summed E-state index contributed by atoms with van der Waals surface area (Å²) in [5.74, 6) is -3.42. The first-order chi connectivity index (χ1) is 32.2. The minimum Gasteiger partial charge on any atom is -0.493 e. The number of nitrogens with one attached hydrogen (secondary N) is 1. The zero-order valence-electron chi connectivity index (χ0n) is 37.2. The number of hydrogen-bond donors (Lipinski definition) is 2. The number of carboxylic acid groups (broad SMARTS) is 1. The van der Waals surface area contributed by atoms with Crippen LogP contribution >= 0.6 is 11.6 Å². The van der Waals surface area contributed by atoms with Crippen molar-refractivity contribution in [1.29, 1.82) is 0 Å². The SMILES string of the molecule is Cc1nn(C)c(C)c1-c1c(Cl)ccc2c(CCCOc3cccc4cc(F)ccc34)c(C(=O)O)n(CCN3CCN(C(=O)COc4cc(F)cc5c4CN(C4CCC(=O)NC4=O)C5=O)CC3)c12. The van der Waals surface area contributed by atoms with Crippen molar-refractivity contribution in [2.24, 2.45) is 7.05 Å². The van der Waals surface area contributed by atoms with Crippen LogP contribution in [0.3, 0.4) is 0 Å². The molecule has 18 heteroatoms. The van der Waals surface area contributed by atoms with Gasteiger partial charge in [0, 0.05) is 92.0 Å². The second-order valence-electron chi connectivity index (χ2n) is 17.2. The van der Waals surface area contributed by atoms with E-state index in [1.54, 1.807) is 27.8 Å². The van der Waals surface area contributed by atoms with E-state index < -0.39 is 42.2 Å². The summed E-state index contributed by atoms with van der Waals surface area (Å²) in [6.07, 6.45) is 1.08. The number of piperazine rings is 1. The monoisotopic (exact) mass is 935 g/mol. The van der Waals surface area contributed by atoms with Gasteiger partial charge in [-0.3, -0.25) is 34.1 Å². The minimum atomic E-state index is -1.09. The molecule has 4 aromatic carbocycles. The zero-order valence-corrected chi connectivity index (χ0v) is 37.9. The Kier molecular flexibility index (Phi) is 12.5. The number of halogens is 3. The highest BCUT2D eigenvalue weighted by atomic mass is 35.5. The first kappa shape index (κ1) is 45.3. The number of rotatable bonds is 14. The number of ether oxygens (including phenoxy) is 2. The molecule has 348 valence electrons. The molecular weight excluding hydrogens is 888 g/mol. The van der Waals surface area contributed by atoms with E-state index >= 15 is 0 Å². The van der Waals surface area contributed by atoms with Crippen LogP contribution in [0.25, 0.3) is 32.8 Å². The number of aromatic nitrogens is 3. The molecule has 15 nitrogen and oxygen atoms in total. The van der Waals surface area contributed by atoms with Crippen LogP contribution in [0.1, 0.15) is 62.6 Å². The van der Waals surface area contributed by atoms with Gasteiger partial charge in [0.1, 0.15) is 34.9 Å². The number of amides is 4. The van der Waals surface area contributed by atoms with E-state index in [1.165, 1.54) is 17.0 Å². The lowest BCUT2D eigenvalue weighted by molar-refractivity contribution is -0.137. The van der Waals surface area contributed by atoms with Crippen molar-refractivity contribution in [2.75, 3.05) is 45.9 Å². The zero-order chi connectivity index (χ0) is 47.3. The molecule has 2 saturated heterocycles. The number of aromatic carboxylic acids is 1. The van der Waals surface area contributed by atoms with Gasteiger partial charge < -0.3 is 28.9 Å². The summed E-state index contributed by atoms with van der Waals surface area (Å²) in [6, 6.07) is 15.0. The Morgan fingerprint density at radius 3 is 2.42 bits per heavy atom. The van der Waals surface area contributed by atoms with E-state index in [2.05, 4.69) is 15.3 Å². The highest BCUT2D eigenvalue weighted by Gasteiger charge is 2.41. The van der Waals surface area contributed by atoms with Crippen LogP contribution in [0.15, 0.2) is 60.7 Å². The second-order valence-corrected chi connectivity index (χ2v) is 17.6. The maximum Gasteiger partial charge on any atom is 0.352 e. The number of carbonyl (C=O) groups excluding carboxylic acids is 4. The fourth-order valence-corrected chi connectivity index (χ4v) is 10.0. The maximum atomic E-state index is 14.8. The van der Waals surface area contributed by atoms with Gasteiger partial charge >= 0.3 is 5.97 Å². The standard InChI is InChI=1S/C49H48ClF2N7O8/c1-27-43(28(2)55(3)54-27)44-37(50)12-11-34-33(7-5-21-66-39-8-4-6-29-22-30(51)9-10-32(29)39)46(49(64)65)58(45(34)44)20-17-56-15-18-57(19-16-56)42(61)26-67-40-24-31(52)23-35-36(40)25-59(48(35)63)38-13-14-41(60)53-47(38)62/h4,6,8-12,22-24,38H,5,7,13-21,25-26H2,1-3H3,(H,64,65)(H,53,60,62). The van der Waals surface area contributed by atoms with Gasteiger partial charge in [-0.15, -0.1) is 0 Å². The Labute approximate surface area is 388 Å². The smallest absolute Gasteiger partial charge is 0.352 e. The van der Waals surface area contributed by atoms with Crippen molar-refractivity contribution in [3.8, 4) is 22.6 Å². The summed E-state index contributed by atoms with van der Waals surface area (Å²) in [6.45, 7) is 6.11. The Hall–Kier alpha value is -6.85. The molecular formula is C49H48ClF2N7O8. The average molecular weight is 936 g/mol. The Balaban J connectivity index is 0.900. The molecule has 0 spiro atoms. The van der Waals surface area contributed by atoms with Gasteiger partial charge in [-0.25, -0.2) is 13.6 Å². The van der Waals surface area contributed by atoms with E-state index in [4.69, 9.17) is 21.1 Å². The van der Waals surface area contributed by atoms with Crippen molar-refractivity contribution in [2.45, 2.75) is 58.7 Å². The van der Waals surface area contributed by atoms with E-state index in [0.717, 1.165) is 39.9 Å². The van der Waals surface area contributed by atoms with Gasteiger partial charge in [-0.1, -0.05) is 29.8 Å². The normalized spacial score (nSPS) is 16.6. The number of benzene rings is 4. The summed E-state index contributed by atoms with van der Waals surface area (Å²) < 4.78 is 44.4. The topological polar surface area (TPSA) is 169 Å². The lowest BCUT2D eigenvalue weighted by atomic mass is 9.98. The van der Waals surface area contributed by atoms with Gasteiger partial charge in [0.2, 0.25) is 11.8 Å². The van der Waals surface area contributed by atoms with E-state index in [1.807, 2.05) is 43.7 Å². The number of aryl methyl sites for hydroxylation is 3. The fraction of sp³-hybridized carbons (Fsp3) is 0.347. The van der Waals surface area contributed by atoms with Crippen LogP contribution in [-0.4, -0.2) is 116 Å². The van der Waals surface area contributed by atoms with Crippen molar-refractivity contribution < 1.29 is 47.3 Å². The number of nitrogens with zero attached hydrogens (tertiary/aromatic N) is 6. The van der Waals surface area contributed by atoms with Crippen molar-refractivity contribution in [3.63, 3.8) is 0 Å². The van der Waals surface area contributed by atoms with Crippen molar-refractivity contribution in [3.05, 3.63) is 111 Å². The first-order valence-corrected chi connectivity index (χ1v) is 22.5. The minimum absolute atomic E-state index is 0.0315. The molecule has 6 aromatic rings. The first-order valence-electron chi connectivity index (χ1n) is 22.2. The van der Waals surface area contributed by atoms with Gasteiger partial charge in [0.25, 0.3) is 11.8 Å². The third-order valence-electron chi connectivity index (χ3n) is 13.2. The number of carbonyl (C=O) groups is 5. The quantitative estimate of drug-likeness (QED) is 0.0917. The predicted molar refractivity (Wildman–Crippen MR) is 244 cm³/mol. The van der Waals surface area contributed by atoms with Gasteiger partial charge in [0.15, 0.2) is 6.61 Å². The van der Waals surface area contributed by atoms with Gasteiger partial charge in [0.05, 0.1) is 34.9 Å². The van der Waals surface area contributed by atoms with Crippen LogP contribution in [0.2, 0.25) is 5.02 Å². The predicted octanol–water partition coefficient (Wildman–Crippen LogP) is 6.44. The number of hydrogen-bond acceptors (Lipinski definition) is 9. The molecule has 4 amide bonds. The van der Waals surface area contributed by atoms with Crippen molar-refractivity contribution >= 4 is 62.9 Å². The molecule has 2 fully saturated rings. The molecule has 3 aliphatic heterocycles. The summed E-state index contributed by atoms with van der Waals surface area (Å²) >= 11 is 7.05. The molecule has 0 aliphatic carbocycles. The molecule has 67 heavy (non-hydrogen) atoms. The largest absolute Gasteiger partial charge is 0.493 e. The van der Waals surface area contributed by atoms with Crippen LogP contribution in [-0.2, 0) is 40.9 Å². The summed E-state index contributed by atoms with van der Waals surface area (Å²) in [4.78, 5) is 69.5. The van der Waals surface area contributed by atoms with E-state index in [9.17, 15) is 37.9 Å². The Morgan fingerprint density at radius 2 is 1.69 bits per heavy atom. The molecule has 1 atom stereocenters. The van der Waals surface area contributed by atoms with Crippen LogP contribution in [0.5, 0.6) is 11.5 Å². The number of fused-ring (bicyclic) bond motifs is 3. The molecule has 1 unspecified atom stereocenters. The summed E-state index contributed by atoms with van der Waals surface area (Å²) in [7, 11) is 1.85. The molecule has 5 heterocycles. The molecule has 9 rings (SSSR count). The second kappa shape index (κ2) is 18.4. The fourth-order valence-electron chi connectivity index (χ4n) is 9.78. The third-order valence-corrected chi connectivity index (χ3v) is 13.5. The summed E-state index contributed by atoms with van der Waals surface area (Å²) in [5, 5.41) is 20.5. The summed E-state index contributed by atoms with van der Waals surface area (Å²) in [5.41, 5.74) is 5.03. The lowest BCUT2D eigenvalue weighted by Crippen LogP contribution is -2.52. The van der Waals surface area contributed by atoms with Crippen LogP contribution < -0.4 is 14.8 Å².